The lowest BCUT2D eigenvalue weighted by Gasteiger charge is -2.34. The fraction of sp³-hybridized carbons (Fsp3) is 0.500. The first-order valence-electron chi connectivity index (χ1n) is 8.21. The smallest absolute Gasteiger partial charge is 0.118 e. The van der Waals surface area contributed by atoms with E-state index in [0.717, 1.165) is 56.4 Å². The molecule has 1 aromatic carbocycles. The Balaban J connectivity index is 1.40. The van der Waals surface area contributed by atoms with Crippen LogP contribution < -0.4 is 4.74 Å². The highest BCUT2D eigenvalue weighted by molar-refractivity contribution is 7.09. The molecule has 0 amide bonds. The fourth-order valence-electron chi connectivity index (χ4n) is 2.96. The molecule has 0 unspecified atom stereocenters. The molecule has 1 saturated heterocycles. The van der Waals surface area contributed by atoms with E-state index in [0.29, 0.717) is 0 Å². The van der Waals surface area contributed by atoms with Crippen LogP contribution in [0.15, 0.2) is 29.6 Å². The number of ether oxygens (including phenoxy) is 1. The van der Waals surface area contributed by atoms with Gasteiger partial charge in [-0.15, -0.1) is 11.3 Å². The van der Waals surface area contributed by atoms with Crippen LogP contribution in [0.3, 0.4) is 0 Å². The Morgan fingerprint density at radius 1 is 1.09 bits per heavy atom. The average molecular weight is 331 g/mol. The van der Waals surface area contributed by atoms with E-state index in [1.54, 1.807) is 18.4 Å². The van der Waals surface area contributed by atoms with Gasteiger partial charge in [0.1, 0.15) is 5.75 Å². The molecule has 23 heavy (non-hydrogen) atoms. The Morgan fingerprint density at radius 3 is 2.39 bits per heavy atom. The molecule has 1 aromatic heterocycles. The lowest BCUT2D eigenvalue weighted by Crippen LogP contribution is -2.46. The first kappa shape index (κ1) is 16.4. The van der Waals surface area contributed by atoms with Crippen molar-refractivity contribution in [3.63, 3.8) is 0 Å². The molecular formula is C18H25N3OS. The molecule has 1 aliphatic rings. The van der Waals surface area contributed by atoms with Gasteiger partial charge < -0.3 is 9.64 Å². The average Bonchev–Trinajstić information content (AvgIpc) is 2.99. The number of piperazine rings is 1. The summed E-state index contributed by atoms with van der Waals surface area (Å²) in [7, 11) is 1.71. The SMILES string of the molecule is COc1ccc(CCN2CCN(Cc3csc(C)n3)CC2)cc1. The second-order valence-corrected chi connectivity index (χ2v) is 7.14. The number of hydrogen-bond donors (Lipinski definition) is 0. The van der Waals surface area contributed by atoms with E-state index in [9.17, 15) is 0 Å². The van der Waals surface area contributed by atoms with Gasteiger partial charge in [0.05, 0.1) is 17.8 Å². The van der Waals surface area contributed by atoms with Crippen LogP contribution in [0.25, 0.3) is 0 Å². The Bertz CT molecular complexity index is 603. The molecular weight excluding hydrogens is 306 g/mol. The molecule has 0 aliphatic carbocycles. The number of thiazole rings is 1. The van der Waals surface area contributed by atoms with E-state index in [-0.39, 0.29) is 0 Å². The van der Waals surface area contributed by atoms with E-state index < -0.39 is 0 Å². The van der Waals surface area contributed by atoms with Gasteiger partial charge in [-0.05, 0) is 31.0 Å². The second-order valence-electron chi connectivity index (χ2n) is 6.07. The zero-order valence-electron chi connectivity index (χ0n) is 14.0. The number of aryl methyl sites for hydroxylation is 1. The van der Waals surface area contributed by atoms with Gasteiger partial charge >= 0.3 is 0 Å². The van der Waals surface area contributed by atoms with Crippen molar-refractivity contribution in [3.8, 4) is 5.75 Å². The molecule has 1 aliphatic heterocycles. The van der Waals surface area contributed by atoms with E-state index >= 15 is 0 Å². The summed E-state index contributed by atoms with van der Waals surface area (Å²) in [5.41, 5.74) is 2.60. The summed E-state index contributed by atoms with van der Waals surface area (Å²) < 4.78 is 5.21. The topological polar surface area (TPSA) is 28.6 Å². The molecule has 0 atom stereocenters. The van der Waals surface area contributed by atoms with Crippen molar-refractivity contribution in [2.24, 2.45) is 0 Å². The monoisotopic (exact) mass is 331 g/mol. The van der Waals surface area contributed by atoms with Crippen molar-refractivity contribution < 1.29 is 4.74 Å². The van der Waals surface area contributed by atoms with Gasteiger partial charge in [0, 0.05) is 44.6 Å². The number of rotatable bonds is 6. The predicted octanol–water partition coefficient (Wildman–Crippen LogP) is 2.82. The second kappa shape index (κ2) is 7.90. The predicted molar refractivity (Wildman–Crippen MR) is 95.3 cm³/mol. The van der Waals surface area contributed by atoms with Crippen molar-refractivity contribution in [1.29, 1.82) is 0 Å². The lowest BCUT2D eigenvalue weighted by molar-refractivity contribution is 0.127. The quantitative estimate of drug-likeness (QED) is 0.814. The number of methoxy groups -OCH3 is 1. The number of nitrogens with zero attached hydrogens (tertiary/aromatic N) is 3. The van der Waals surface area contributed by atoms with Gasteiger partial charge in [-0.2, -0.15) is 0 Å². The largest absolute Gasteiger partial charge is 0.497 e. The van der Waals surface area contributed by atoms with Crippen LogP contribution in [-0.2, 0) is 13.0 Å². The van der Waals surface area contributed by atoms with Crippen LogP contribution >= 0.6 is 11.3 Å². The molecule has 0 radical (unpaired) electrons. The zero-order valence-corrected chi connectivity index (χ0v) is 14.8. The Hall–Kier alpha value is -1.43. The third-order valence-electron chi connectivity index (χ3n) is 4.39. The Morgan fingerprint density at radius 2 is 1.78 bits per heavy atom. The molecule has 2 heterocycles. The summed E-state index contributed by atoms with van der Waals surface area (Å²) in [5, 5.41) is 3.35. The summed E-state index contributed by atoms with van der Waals surface area (Å²) in [6, 6.07) is 8.42. The van der Waals surface area contributed by atoms with Crippen LogP contribution in [0.2, 0.25) is 0 Å². The zero-order chi connectivity index (χ0) is 16.1. The highest BCUT2D eigenvalue weighted by Gasteiger charge is 2.17. The molecule has 2 aromatic rings. The first-order chi connectivity index (χ1) is 11.2. The number of aromatic nitrogens is 1. The van der Waals surface area contributed by atoms with Crippen molar-refractivity contribution in [3.05, 3.63) is 45.9 Å². The highest BCUT2D eigenvalue weighted by Crippen LogP contribution is 2.14. The van der Waals surface area contributed by atoms with E-state index in [1.807, 2.05) is 12.1 Å². The van der Waals surface area contributed by atoms with E-state index in [2.05, 4.69) is 39.2 Å². The first-order valence-corrected chi connectivity index (χ1v) is 9.09. The normalized spacial score (nSPS) is 16.6. The maximum Gasteiger partial charge on any atom is 0.118 e. The number of hydrogen-bond acceptors (Lipinski definition) is 5. The van der Waals surface area contributed by atoms with Gasteiger partial charge in [0.25, 0.3) is 0 Å². The summed E-state index contributed by atoms with van der Waals surface area (Å²) >= 11 is 1.74. The summed E-state index contributed by atoms with van der Waals surface area (Å²) in [6.45, 7) is 8.79. The fourth-order valence-corrected chi connectivity index (χ4v) is 3.56. The lowest BCUT2D eigenvalue weighted by atomic mass is 10.1. The maximum atomic E-state index is 5.21. The van der Waals surface area contributed by atoms with E-state index in [1.165, 1.54) is 11.3 Å². The van der Waals surface area contributed by atoms with Crippen molar-refractivity contribution >= 4 is 11.3 Å². The van der Waals surface area contributed by atoms with Crippen molar-refractivity contribution in [2.75, 3.05) is 39.8 Å². The standard InChI is InChI=1S/C18H25N3OS/c1-15-19-17(14-23-15)13-21-11-9-20(10-12-21)8-7-16-3-5-18(22-2)6-4-16/h3-6,14H,7-13H2,1-2H3. The minimum Gasteiger partial charge on any atom is -0.497 e. The summed E-state index contributed by atoms with van der Waals surface area (Å²) in [5.74, 6) is 0.930. The minimum atomic E-state index is 0.930. The van der Waals surface area contributed by atoms with Gasteiger partial charge in [0.15, 0.2) is 0 Å². The van der Waals surface area contributed by atoms with Crippen LogP contribution in [0.5, 0.6) is 5.75 Å². The van der Waals surface area contributed by atoms with Crippen molar-refractivity contribution in [1.82, 2.24) is 14.8 Å². The van der Waals surface area contributed by atoms with E-state index in [4.69, 9.17) is 4.74 Å². The molecule has 0 saturated carbocycles. The molecule has 3 rings (SSSR count). The highest BCUT2D eigenvalue weighted by atomic mass is 32.1. The van der Waals surface area contributed by atoms with Crippen LogP contribution in [-0.4, -0.2) is 54.6 Å². The molecule has 124 valence electrons. The van der Waals surface area contributed by atoms with Crippen LogP contribution in [0.1, 0.15) is 16.3 Å². The van der Waals surface area contributed by atoms with Crippen molar-refractivity contribution in [2.45, 2.75) is 19.9 Å². The van der Waals surface area contributed by atoms with Crippen LogP contribution in [0.4, 0.5) is 0 Å². The Labute approximate surface area is 142 Å². The van der Waals surface area contributed by atoms with Gasteiger partial charge in [-0.25, -0.2) is 4.98 Å². The molecule has 0 spiro atoms. The Kier molecular flexibility index (Phi) is 5.65. The van der Waals surface area contributed by atoms with Crippen LogP contribution in [0, 0.1) is 6.92 Å². The summed E-state index contributed by atoms with van der Waals surface area (Å²) in [4.78, 5) is 9.64. The number of benzene rings is 1. The third-order valence-corrected chi connectivity index (χ3v) is 5.22. The molecule has 4 nitrogen and oxygen atoms in total. The molecule has 5 heteroatoms. The minimum absolute atomic E-state index is 0.930. The molecule has 0 bridgehead atoms. The summed E-state index contributed by atoms with van der Waals surface area (Å²) in [6.07, 6.45) is 1.11. The molecule has 0 N–H and O–H groups in total. The van der Waals surface area contributed by atoms with Gasteiger partial charge in [-0.1, -0.05) is 12.1 Å². The van der Waals surface area contributed by atoms with Gasteiger partial charge in [-0.3, -0.25) is 4.90 Å². The maximum absolute atomic E-state index is 5.21. The third kappa shape index (κ3) is 4.77. The molecule has 1 fully saturated rings. The van der Waals surface area contributed by atoms with Gasteiger partial charge in [0.2, 0.25) is 0 Å².